The van der Waals surface area contributed by atoms with E-state index in [2.05, 4.69) is 22.3 Å². The van der Waals surface area contributed by atoms with Crippen LogP contribution in [0.2, 0.25) is 0 Å². The maximum absolute atomic E-state index is 12.4. The Kier molecular flexibility index (Phi) is 7.73. The molecule has 0 radical (unpaired) electrons. The van der Waals surface area contributed by atoms with Crippen molar-refractivity contribution in [3.8, 4) is 5.75 Å². The zero-order chi connectivity index (χ0) is 19.6. The third kappa shape index (κ3) is 6.69. The maximum Gasteiger partial charge on any atom is 0.387 e. The van der Waals surface area contributed by atoms with Gasteiger partial charge in [-0.1, -0.05) is 37.6 Å². The van der Waals surface area contributed by atoms with E-state index in [0.717, 1.165) is 19.3 Å². The van der Waals surface area contributed by atoms with Crippen molar-refractivity contribution in [3.05, 3.63) is 59.7 Å². The smallest absolute Gasteiger partial charge is 0.387 e. The van der Waals surface area contributed by atoms with Crippen LogP contribution < -0.4 is 15.4 Å². The molecule has 0 heterocycles. The van der Waals surface area contributed by atoms with Crippen molar-refractivity contribution in [1.29, 1.82) is 0 Å². The second kappa shape index (κ2) is 10.3. The monoisotopic (exact) mass is 376 g/mol. The zero-order valence-corrected chi connectivity index (χ0v) is 15.0. The highest BCUT2D eigenvalue weighted by atomic mass is 19.3. The third-order valence-electron chi connectivity index (χ3n) is 3.81. The fraction of sp³-hybridized carbons (Fsp3) is 0.300. The Hall–Kier alpha value is -2.96. The van der Waals surface area contributed by atoms with Crippen molar-refractivity contribution >= 4 is 17.5 Å². The van der Waals surface area contributed by atoms with E-state index in [9.17, 15) is 18.4 Å². The second-order valence-electron chi connectivity index (χ2n) is 5.91. The molecule has 2 aromatic rings. The van der Waals surface area contributed by atoms with Gasteiger partial charge >= 0.3 is 6.61 Å². The molecule has 0 unspecified atom stereocenters. The summed E-state index contributed by atoms with van der Waals surface area (Å²) in [6, 6.07) is 13.1. The zero-order valence-electron chi connectivity index (χ0n) is 15.0. The molecule has 0 aromatic heterocycles. The number of aryl methyl sites for hydroxylation is 1. The van der Waals surface area contributed by atoms with Gasteiger partial charge in [0.05, 0.1) is 12.1 Å². The van der Waals surface area contributed by atoms with Crippen molar-refractivity contribution in [3.63, 3.8) is 0 Å². The minimum absolute atomic E-state index is 0.0640. The highest BCUT2D eigenvalue weighted by Gasteiger charge is 2.16. The van der Waals surface area contributed by atoms with E-state index in [1.807, 2.05) is 12.1 Å². The number of rotatable bonds is 9. The lowest BCUT2D eigenvalue weighted by molar-refractivity contribution is -0.115. The molecule has 2 aromatic carbocycles. The fourth-order valence-electron chi connectivity index (χ4n) is 2.45. The molecule has 27 heavy (non-hydrogen) atoms. The number of para-hydroxylation sites is 1. The number of anilines is 1. The van der Waals surface area contributed by atoms with E-state index >= 15 is 0 Å². The Balaban J connectivity index is 1.87. The molecule has 0 aliphatic carbocycles. The molecular formula is C20H22F2N2O3. The molecule has 5 nitrogen and oxygen atoms in total. The molecule has 0 aliphatic rings. The molecule has 0 fully saturated rings. The molecular weight excluding hydrogens is 354 g/mol. The molecule has 0 aliphatic heterocycles. The van der Waals surface area contributed by atoms with Crippen LogP contribution in [-0.2, 0) is 11.2 Å². The molecule has 2 N–H and O–H groups in total. The number of halogens is 2. The van der Waals surface area contributed by atoms with Gasteiger partial charge in [-0.3, -0.25) is 9.59 Å². The minimum Gasteiger partial charge on any atom is -0.434 e. The number of ether oxygens (including phenoxy) is 1. The largest absolute Gasteiger partial charge is 0.434 e. The first-order valence-electron chi connectivity index (χ1n) is 8.70. The number of unbranched alkanes of at least 4 members (excludes halogenated alkanes) is 1. The molecule has 0 saturated heterocycles. The van der Waals surface area contributed by atoms with Crippen LogP contribution in [0.5, 0.6) is 5.75 Å². The van der Waals surface area contributed by atoms with Crippen LogP contribution in [0.3, 0.4) is 0 Å². The summed E-state index contributed by atoms with van der Waals surface area (Å²) in [6.07, 6.45) is 3.21. The van der Waals surface area contributed by atoms with Crippen molar-refractivity contribution in [1.82, 2.24) is 5.32 Å². The van der Waals surface area contributed by atoms with Gasteiger partial charge in [0.1, 0.15) is 5.75 Å². The van der Waals surface area contributed by atoms with Gasteiger partial charge in [-0.15, -0.1) is 0 Å². The van der Waals surface area contributed by atoms with Gasteiger partial charge in [0, 0.05) is 5.69 Å². The van der Waals surface area contributed by atoms with E-state index in [0.29, 0.717) is 5.69 Å². The van der Waals surface area contributed by atoms with Gasteiger partial charge in [0.15, 0.2) is 0 Å². The topological polar surface area (TPSA) is 67.4 Å². The van der Waals surface area contributed by atoms with E-state index in [1.54, 1.807) is 12.1 Å². The average Bonchev–Trinajstić information content (AvgIpc) is 2.65. The molecule has 2 amide bonds. The van der Waals surface area contributed by atoms with Crippen molar-refractivity contribution < 1.29 is 23.1 Å². The standard InChI is InChI=1S/C20H22F2N2O3/c1-2-3-6-14-9-11-15(12-10-14)24-18(25)13-23-19(26)16-7-4-5-8-17(16)27-20(21)22/h4-5,7-12,20H,2-3,6,13H2,1H3,(H,23,26)(H,24,25). The lowest BCUT2D eigenvalue weighted by Crippen LogP contribution is -2.33. The first-order valence-corrected chi connectivity index (χ1v) is 8.70. The maximum atomic E-state index is 12.4. The predicted octanol–water partition coefficient (Wildman–Crippen LogP) is 4.00. The van der Waals surface area contributed by atoms with Gasteiger partial charge in [0.2, 0.25) is 5.91 Å². The van der Waals surface area contributed by atoms with Gasteiger partial charge in [-0.2, -0.15) is 8.78 Å². The number of hydrogen-bond donors (Lipinski definition) is 2. The van der Waals surface area contributed by atoms with Crippen LogP contribution in [0, 0.1) is 0 Å². The van der Waals surface area contributed by atoms with Gasteiger partial charge in [-0.25, -0.2) is 0 Å². The summed E-state index contributed by atoms with van der Waals surface area (Å²) in [5.41, 5.74) is 1.75. The van der Waals surface area contributed by atoms with Crippen LogP contribution in [0.4, 0.5) is 14.5 Å². The normalized spacial score (nSPS) is 10.5. The lowest BCUT2D eigenvalue weighted by atomic mass is 10.1. The first-order chi connectivity index (χ1) is 13.0. The lowest BCUT2D eigenvalue weighted by Gasteiger charge is -2.11. The van der Waals surface area contributed by atoms with Crippen LogP contribution in [0.1, 0.15) is 35.7 Å². The predicted molar refractivity (Wildman–Crippen MR) is 99.1 cm³/mol. The van der Waals surface area contributed by atoms with Crippen LogP contribution in [0.15, 0.2) is 48.5 Å². The summed E-state index contributed by atoms with van der Waals surface area (Å²) in [5.74, 6) is -1.33. The number of benzene rings is 2. The number of alkyl halides is 2. The second-order valence-corrected chi connectivity index (χ2v) is 5.91. The summed E-state index contributed by atoms with van der Waals surface area (Å²) in [6.45, 7) is -1.21. The Morgan fingerprint density at radius 1 is 1.07 bits per heavy atom. The Morgan fingerprint density at radius 2 is 1.78 bits per heavy atom. The van der Waals surface area contributed by atoms with E-state index in [4.69, 9.17) is 0 Å². The number of hydrogen-bond acceptors (Lipinski definition) is 3. The molecule has 0 spiro atoms. The van der Waals surface area contributed by atoms with Gasteiger partial charge < -0.3 is 15.4 Å². The molecule has 7 heteroatoms. The Bertz CT molecular complexity index is 764. The summed E-state index contributed by atoms with van der Waals surface area (Å²) in [5, 5.41) is 5.07. The summed E-state index contributed by atoms with van der Waals surface area (Å²) < 4.78 is 29.1. The van der Waals surface area contributed by atoms with E-state index < -0.39 is 18.4 Å². The Morgan fingerprint density at radius 3 is 2.44 bits per heavy atom. The van der Waals surface area contributed by atoms with Crippen LogP contribution in [0.25, 0.3) is 0 Å². The number of carbonyl (C=O) groups is 2. The number of carbonyl (C=O) groups excluding carboxylic acids is 2. The summed E-state index contributed by atoms with van der Waals surface area (Å²) in [4.78, 5) is 24.1. The molecule has 0 saturated carbocycles. The van der Waals surface area contributed by atoms with Gasteiger partial charge in [-0.05, 0) is 42.7 Å². The molecule has 0 bridgehead atoms. The highest BCUT2D eigenvalue weighted by Crippen LogP contribution is 2.20. The van der Waals surface area contributed by atoms with Crippen molar-refractivity contribution in [2.24, 2.45) is 0 Å². The molecule has 0 atom stereocenters. The summed E-state index contributed by atoms with van der Waals surface area (Å²) >= 11 is 0. The van der Waals surface area contributed by atoms with E-state index in [1.165, 1.54) is 29.8 Å². The molecule has 144 valence electrons. The Labute approximate surface area is 156 Å². The van der Waals surface area contributed by atoms with Crippen LogP contribution >= 0.6 is 0 Å². The van der Waals surface area contributed by atoms with Crippen LogP contribution in [-0.4, -0.2) is 25.0 Å². The van der Waals surface area contributed by atoms with Crippen molar-refractivity contribution in [2.45, 2.75) is 32.8 Å². The summed E-state index contributed by atoms with van der Waals surface area (Å²) in [7, 11) is 0. The SMILES string of the molecule is CCCCc1ccc(NC(=O)CNC(=O)c2ccccc2OC(F)F)cc1. The fourth-order valence-corrected chi connectivity index (χ4v) is 2.45. The first kappa shape index (κ1) is 20.4. The number of amides is 2. The molecule has 2 rings (SSSR count). The third-order valence-corrected chi connectivity index (χ3v) is 3.81. The highest BCUT2D eigenvalue weighted by molar-refractivity contribution is 6.00. The minimum atomic E-state index is -3.04. The van der Waals surface area contributed by atoms with Gasteiger partial charge in [0.25, 0.3) is 5.91 Å². The average molecular weight is 376 g/mol. The van der Waals surface area contributed by atoms with Crippen molar-refractivity contribution in [2.75, 3.05) is 11.9 Å². The number of nitrogens with one attached hydrogen (secondary N) is 2. The van der Waals surface area contributed by atoms with E-state index in [-0.39, 0.29) is 17.9 Å². The quantitative estimate of drug-likeness (QED) is 0.695.